The van der Waals surface area contributed by atoms with Crippen LogP contribution in [0.5, 0.6) is 10.9 Å². The van der Waals surface area contributed by atoms with Gasteiger partial charge in [0, 0.05) is 12.7 Å². The van der Waals surface area contributed by atoms with Crippen LogP contribution in [-0.2, 0) is 7.05 Å². The van der Waals surface area contributed by atoms with Crippen LogP contribution in [-0.4, -0.2) is 14.8 Å². The highest BCUT2D eigenvalue weighted by atomic mass is 32.1. The number of ether oxygens (including phenoxy) is 1. The number of hydrogen-bond donors (Lipinski definition) is 1. The number of hydrogen-bond acceptors (Lipinski definition) is 5. The summed E-state index contributed by atoms with van der Waals surface area (Å²) in [7, 11) is 1.84. The van der Waals surface area contributed by atoms with Gasteiger partial charge >= 0.3 is 0 Å². The SMILES string of the molecule is Cn1cc(Oc2nc3ccc(N)cc3s2)cn1. The number of nitrogens with two attached hydrogens (primary N) is 1. The molecule has 0 fully saturated rings. The molecule has 0 aliphatic rings. The van der Waals surface area contributed by atoms with Gasteiger partial charge in [-0.15, -0.1) is 0 Å². The fourth-order valence-electron chi connectivity index (χ4n) is 1.52. The minimum Gasteiger partial charge on any atom is -0.428 e. The lowest BCUT2D eigenvalue weighted by atomic mass is 10.3. The smallest absolute Gasteiger partial charge is 0.279 e. The predicted octanol–water partition coefficient (Wildman–Crippen LogP) is 2.40. The Morgan fingerprint density at radius 2 is 2.29 bits per heavy atom. The Morgan fingerprint density at radius 1 is 1.41 bits per heavy atom. The molecule has 0 unspecified atom stereocenters. The summed E-state index contributed by atoms with van der Waals surface area (Å²) in [6, 6.07) is 5.61. The Morgan fingerprint density at radius 3 is 3.06 bits per heavy atom. The lowest BCUT2D eigenvalue weighted by molar-refractivity contribution is 0.479. The van der Waals surface area contributed by atoms with Crippen molar-refractivity contribution in [3.05, 3.63) is 30.6 Å². The van der Waals surface area contributed by atoms with Crippen LogP contribution in [0.4, 0.5) is 5.69 Å². The number of aromatic nitrogens is 3. The van der Waals surface area contributed by atoms with Gasteiger partial charge in [-0.1, -0.05) is 11.3 Å². The number of rotatable bonds is 2. The zero-order valence-electron chi connectivity index (χ0n) is 9.12. The summed E-state index contributed by atoms with van der Waals surface area (Å²) >= 11 is 1.47. The molecular formula is C11H10N4OS. The maximum Gasteiger partial charge on any atom is 0.279 e. The summed E-state index contributed by atoms with van der Waals surface area (Å²) in [4.78, 5) is 4.36. The van der Waals surface area contributed by atoms with Gasteiger partial charge in [-0.05, 0) is 18.2 Å². The van der Waals surface area contributed by atoms with E-state index in [0.717, 1.165) is 15.9 Å². The average molecular weight is 246 g/mol. The van der Waals surface area contributed by atoms with Crippen molar-refractivity contribution in [2.75, 3.05) is 5.73 Å². The number of thiazole rings is 1. The Hall–Kier alpha value is -2.08. The number of nitrogen functional groups attached to an aromatic ring is 1. The normalized spacial score (nSPS) is 10.9. The first-order valence-electron chi connectivity index (χ1n) is 5.03. The molecule has 0 spiro atoms. The minimum atomic E-state index is 0.596. The van der Waals surface area contributed by atoms with Crippen LogP contribution >= 0.6 is 11.3 Å². The van der Waals surface area contributed by atoms with Crippen LogP contribution in [0.3, 0.4) is 0 Å². The molecule has 3 rings (SSSR count). The lowest BCUT2D eigenvalue weighted by Gasteiger charge is -1.94. The maximum atomic E-state index is 5.71. The molecule has 5 nitrogen and oxygen atoms in total. The summed E-state index contributed by atoms with van der Waals surface area (Å²) in [5.41, 5.74) is 7.34. The van der Waals surface area contributed by atoms with E-state index in [1.54, 1.807) is 17.1 Å². The van der Waals surface area contributed by atoms with Gasteiger partial charge in [-0.3, -0.25) is 4.68 Å². The van der Waals surface area contributed by atoms with Gasteiger partial charge in [0.1, 0.15) is 0 Å². The molecule has 0 aliphatic heterocycles. The van der Waals surface area contributed by atoms with Crippen molar-refractivity contribution in [2.45, 2.75) is 0 Å². The van der Waals surface area contributed by atoms with E-state index in [1.165, 1.54) is 11.3 Å². The third kappa shape index (κ3) is 1.94. The van der Waals surface area contributed by atoms with Crippen LogP contribution in [0.15, 0.2) is 30.6 Å². The number of anilines is 1. The molecule has 6 heteroatoms. The maximum absolute atomic E-state index is 5.71. The first kappa shape index (κ1) is 10.1. The Balaban J connectivity index is 1.95. The van der Waals surface area contributed by atoms with E-state index < -0.39 is 0 Å². The third-order valence-electron chi connectivity index (χ3n) is 2.28. The topological polar surface area (TPSA) is 66.0 Å². The largest absolute Gasteiger partial charge is 0.428 e. The second-order valence-corrected chi connectivity index (χ2v) is 4.65. The molecule has 0 aliphatic carbocycles. The van der Waals surface area contributed by atoms with Gasteiger partial charge in [0.2, 0.25) is 0 Å². The molecule has 86 valence electrons. The van der Waals surface area contributed by atoms with Gasteiger partial charge in [-0.25, -0.2) is 4.98 Å². The second kappa shape index (κ2) is 3.74. The predicted molar refractivity (Wildman–Crippen MR) is 67.3 cm³/mol. The minimum absolute atomic E-state index is 0.596. The van der Waals surface area contributed by atoms with Gasteiger partial charge in [0.05, 0.1) is 22.6 Å². The molecule has 2 N–H and O–H groups in total. The van der Waals surface area contributed by atoms with Gasteiger partial charge in [-0.2, -0.15) is 5.10 Å². The molecule has 0 bridgehead atoms. The van der Waals surface area contributed by atoms with Crippen LogP contribution in [0.25, 0.3) is 10.2 Å². The van der Waals surface area contributed by atoms with E-state index in [0.29, 0.717) is 10.9 Å². The summed E-state index contributed by atoms with van der Waals surface area (Å²) in [6.07, 6.45) is 3.45. The quantitative estimate of drug-likeness (QED) is 0.705. The summed E-state index contributed by atoms with van der Waals surface area (Å²) in [5.74, 6) is 0.680. The number of fused-ring (bicyclic) bond motifs is 1. The molecule has 17 heavy (non-hydrogen) atoms. The van der Waals surface area contributed by atoms with E-state index in [-0.39, 0.29) is 0 Å². The van der Waals surface area contributed by atoms with Crippen LogP contribution < -0.4 is 10.5 Å². The summed E-state index contributed by atoms with van der Waals surface area (Å²) in [6.45, 7) is 0. The van der Waals surface area contributed by atoms with E-state index >= 15 is 0 Å². The molecule has 2 aromatic heterocycles. The van der Waals surface area contributed by atoms with Crippen molar-refractivity contribution in [3.8, 4) is 10.9 Å². The highest BCUT2D eigenvalue weighted by Gasteiger charge is 2.07. The van der Waals surface area contributed by atoms with Crippen LogP contribution in [0, 0.1) is 0 Å². The number of benzene rings is 1. The second-order valence-electron chi connectivity index (χ2n) is 3.66. The van der Waals surface area contributed by atoms with E-state index in [9.17, 15) is 0 Å². The Kier molecular flexibility index (Phi) is 2.22. The summed E-state index contributed by atoms with van der Waals surface area (Å²) < 4.78 is 8.31. The average Bonchev–Trinajstić information content (AvgIpc) is 2.84. The van der Waals surface area contributed by atoms with Crippen molar-refractivity contribution in [1.82, 2.24) is 14.8 Å². The molecule has 2 heterocycles. The highest BCUT2D eigenvalue weighted by molar-refractivity contribution is 7.20. The Bertz CT molecular complexity index is 673. The molecule has 0 radical (unpaired) electrons. The van der Waals surface area contributed by atoms with E-state index in [2.05, 4.69) is 10.1 Å². The molecule has 0 amide bonds. The standard InChI is InChI=1S/C11H10N4OS/c1-15-6-8(5-13-15)16-11-14-9-3-2-7(12)4-10(9)17-11/h2-6H,12H2,1H3. The molecule has 0 saturated carbocycles. The van der Waals surface area contributed by atoms with Crippen LogP contribution in [0.2, 0.25) is 0 Å². The molecule has 0 saturated heterocycles. The number of nitrogens with zero attached hydrogens (tertiary/aromatic N) is 3. The van der Waals surface area contributed by atoms with Crippen molar-refractivity contribution in [3.63, 3.8) is 0 Å². The van der Waals surface area contributed by atoms with Gasteiger partial charge < -0.3 is 10.5 Å². The van der Waals surface area contributed by atoms with E-state index in [1.807, 2.05) is 25.2 Å². The molecular weight excluding hydrogens is 236 g/mol. The van der Waals surface area contributed by atoms with Gasteiger partial charge in [0.15, 0.2) is 5.75 Å². The van der Waals surface area contributed by atoms with E-state index in [4.69, 9.17) is 10.5 Å². The zero-order chi connectivity index (χ0) is 11.8. The fraction of sp³-hybridized carbons (Fsp3) is 0.0909. The van der Waals surface area contributed by atoms with Crippen LogP contribution in [0.1, 0.15) is 0 Å². The third-order valence-corrected chi connectivity index (χ3v) is 3.18. The molecule has 0 atom stereocenters. The number of aryl methyl sites for hydroxylation is 1. The zero-order valence-corrected chi connectivity index (χ0v) is 9.94. The highest BCUT2D eigenvalue weighted by Crippen LogP contribution is 2.31. The van der Waals surface area contributed by atoms with Gasteiger partial charge in [0.25, 0.3) is 5.19 Å². The first-order valence-corrected chi connectivity index (χ1v) is 5.85. The van der Waals surface area contributed by atoms with Crippen molar-refractivity contribution in [2.24, 2.45) is 7.05 Å². The van der Waals surface area contributed by atoms with Crippen molar-refractivity contribution < 1.29 is 4.74 Å². The molecule has 1 aromatic carbocycles. The van der Waals surface area contributed by atoms with Crippen molar-refractivity contribution in [1.29, 1.82) is 0 Å². The summed E-state index contributed by atoms with van der Waals surface area (Å²) in [5, 5.41) is 4.63. The molecule has 3 aromatic rings. The lowest BCUT2D eigenvalue weighted by Crippen LogP contribution is -1.84. The monoisotopic (exact) mass is 246 g/mol. The first-order chi connectivity index (χ1) is 8.20. The Labute approximate surface area is 101 Å². The fourth-order valence-corrected chi connectivity index (χ4v) is 2.40. The van der Waals surface area contributed by atoms with Crippen molar-refractivity contribution >= 4 is 27.2 Å².